The van der Waals surface area contributed by atoms with Gasteiger partial charge in [-0.25, -0.2) is 0 Å². The van der Waals surface area contributed by atoms with Crippen molar-refractivity contribution in [1.82, 2.24) is 5.32 Å². The first kappa shape index (κ1) is 8.88. The molecule has 0 heterocycles. The van der Waals surface area contributed by atoms with E-state index in [9.17, 15) is 0 Å². The molecule has 0 aliphatic heterocycles. The minimum absolute atomic E-state index is 0.0694. The Bertz CT molecular complexity index is 53.0. The Balaban J connectivity index is 3.18. The van der Waals surface area contributed by atoms with Gasteiger partial charge in [-0.1, -0.05) is 6.92 Å². The maximum absolute atomic E-state index is 8.61. The van der Waals surface area contributed by atoms with Gasteiger partial charge >= 0.3 is 0 Å². The molecule has 0 fully saturated rings. The van der Waals surface area contributed by atoms with Crippen molar-refractivity contribution in [3.8, 4) is 0 Å². The molecule has 1 atom stereocenters. The predicted octanol–water partition coefficient (Wildman–Crippen LogP) is -0.661. The lowest BCUT2D eigenvalue weighted by molar-refractivity contribution is 0.202. The molecule has 0 spiro atoms. The Hall–Kier alpha value is -0.120. The molecule has 0 aromatic heterocycles. The van der Waals surface area contributed by atoms with Gasteiger partial charge in [-0.15, -0.1) is 0 Å². The first-order chi connectivity index (χ1) is 4.35. The maximum Gasteiger partial charge on any atom is 0.0585 e. The summed E-state index contributed by atoms with van der Waals surface area (Å²) in [6.45, 7) is 3.05. The van der Waals surface area contributed by atoms with Crippen molar-refractivity contribution in [2.75, 3.05) is 19.8 Å². The van der Waals surface area contributed by atoms with E-state index in [0.29, 0.717) is 6.42 Å². The third-order valence-electron chi connectivity index (χ3n) is 1.19. The van der Waals surface area contributed by atoms with Crippen molar-refractivity contribution in [1.29, 1.82) is 0 Å². The van der Waals surface area contributed by atoms with Gasteiger partial charge < -0.3 is 15.5 Å². The van der Waals surface area contributed by atoms with Crippen molar-refractivity contribution in [2.45, 2.75) is 19.4 Å². The molecule has 0 radical (unpaired) electrons. The molecule has 9 heavy (non-hydrogen) atoms. The fraction of sp³-hybridized carbons (Fsp3) is 1.00. The van der Waals surface area contributed by atoms with E-state index in [4.69, 9.17) is 10.2 Å². The van der Waals surface area contributed by atoms with Gasteiger partial charge in [0.2, 0.25) is 0 Å². The molecule has 3 heteroatoms. The standard InChI is InChI=1S/C6H15NO2/c1-2-7-6(5-9)3-4-8/h6-9H,2-5H2,1H3. The molecule has 56 valence electrons. The van der Waals surface area contributed by atoms with Crippen LogP contribution in [0.4, 0.5) is 0 Å². The highest BCUT2D eigenvalue weighted by Gasteiger charge is 2.01. The number of rotatable bonds is 5. The van der Waals surface area contributed by atoms with E-state index < -0.39 is 0 Å². The summed E-state index contributed by atoms with van der Waals surface area (Å²) >= 11 is 0. The van der Waals surface area contributed by atoms with Gasteiger partial charge in [-0.05, 0) is 13.0 Å². The van der Waals surface area contributed by atoms with Gasteiger partial charge in [0.05, 0.1) is 6.61 Å². The summed E-state index contributed by atoms with van der Waals surface area (Å²) in [5.74, 6) is 0. The monoisotopic (exact) mass is 133 g/mol. The maximum atomic E-state index is 8.61. The summed E-state index contributed by atoms with van der Waals surface area (Å²) in [6.07, 6.45) is 0.629. The van der Waals surface area contributed by atoms with E-state index in [1.807, 2.05) is 6.92 Å². The van der Waals surface area contributed by atoms with E-state index in [-0.39, 0.29) is 19.3 Å². The second kappa shape index (κ2) is 6.01. The lowest BCUT2D eigenvalue weighted by Crippen LogP contribution is -2.32. The average molecular weight is 133 g/mol. The molecule has 0 aromatic carbocycles. The molecular weight excluding hydrogens is 118 g/mol. The molecule has 0 aromatic rings. The van der Waals surface area contributed by atoms with Crippen LogP contribution in [-0.2, 0) is 0 Å². The van der Waals surface area contributed by atoms with Crippen molar-refractivity contribution in [3.05, 3.63) is 0 Å². The van der Waals surface area contributed by atoms with Crippen LogP contribution in [0.15, 0.2) is 0 Å². The number of nitrogens with one attached hydrogen (secondary N) is 1. The summed E-state index contributed by atoms with van der Waals surface area (Å²) in [6, 6.07) is 0.0694. The highest BCUT2D eigenvalue weighted by Crippen LogP contribution is 1.87. The Morgan fingerprint density at radius 2 is 2.11 bits per heavy atom. The lowest BCUT2D eigenvalue weighted by Gasteiger charge is -2.12. The molecule has 0 bridgehead atoms. The van der Waals surface area contributed by atoms with Crippen LogP contribution >= 0.6 is 0 Å². The van der Waals surface area contributed by atoms with E-state index in [0.717, 1.165) is 6.54 Å². The fourth-order valence-electron chi connectivity index (χ4n) is 0.702. The van der Waals surface area contributed by atoms with Crippen LogP contribution < -0.4 is 5.32 Å². The van der Waals surface area contributed by atoms with Crippen LogP contribution in [0.25, 0.3) is 0 Å². The largest absolute Gasteiger partial charge is 0.396 e. The SMILES string of the molecule is CCNC(CO)CCO. The second-order valence-corrected chi connectivity index (χ2v) is 1.95. The molecule has 1 unspecified atom stereocenters. The summed E-state index contributed by atoms with van der Waals surface area (Å²) in [4.78, 5) is 0. The fourth-order valence-corrected chi connectivity index (χ4v) is 0.702. The molecule has 0 aliphatic rings. The van der Waals surface area contributed by atoms with Gasteiger partial charge in [0, 0.05) is 12.6 Å². The van der Waals surface area contributed by atoms with Gasteiger partial charge in [-0.3, -0.25) is 0 Å². The van der Waals surface area contributed by atoms with E-state index in [1.165, 1.54) is 0 Å². The highest BCUT2D eigenvalue weighted by molar-refractivity contribution is 4.62. The zero-order valence-corrected chi connectivity index (χ0v) is 5.80. The first-order valence-electron chi connectivity index (χ1n) is 3.30. The molecule has 3 N–H and O–H groups in total. The van der Waals surface area contributed by atoms with E-state index >= 15 is 0 Å². The van der Waals surface area contributed by atoms with E-state index in [2.05, 4.69) is 5.32 Å². The lowest BCUT2D eigenvalue weighted by atomic mass is 10.2. The zero-order chi connectivity index (χ0) is 7.11. The van der Waals surface area contributed by atoms with Crippen LogP contribution in [0.3, 0.4) is 0 Å². The Labute approximate surface area is 55.7 Å². The summed E-state index contributed by atoms with van der Waals surface area (Å²) in [7, 11) is 0. The molecular formula is C6H15NO2. The Morgan fingerprint density at radius 1 is 1.44 bits per heavy atom. The van der Waals surface area contributed by atoms with Crippen molar-refractivity contribution < 1.29 is 10.2 Å². The highest BCUT2D eigenvalue weighted by atomic mass is 16.3. The Kier molecular flexibility index (Phi) is 5.93. The molecule has 0 rings (SSSR count). The molecule has 0 saturated carbocycles. The average Bonchev–Trinajstić information content (AvgIpc) is 1.88. The third-order valence-corrected chi connectivity index (χ3v) is 1.19. The van der Waals surface area contributed by atoms with E-state index in [1.54, 1.807) is 0 Å². The van der Waals surface area contributed by atoms with Crippen molar-refractivity contribution >= 4 is 0 Å². The number of hydrogen-bond acceptors (Lipinski definition) is 3. The van der Waals surface area contributed by atoms with Crippen LogP contribution in [0.1, 0.15) is 13.3 Å². The molecule has 0 aliphatic carbocycles. The normalized spacial score (nSPS) is 13.7. The first-order valence-corrected chi connectivity index (χ1v) is 3.30. The minimum atomic E-state index is 0.0694. The van der Waals surface area contributed by atoms with Gasteiger partial charge in [0.15, 0.2) is 0 Å². The quantitative estimate of drug-likeness (QED) is 0.466. The number of likely N-dealkylation sites (N-methyl/N-ethyl adjacent to an activating group) is 1. The molecule has 0 amide bonds. The number of aliphatic hydroxyl groups excluding tert-OH is 2. The number of aliphatic hydroxyl groups is 2. The van der Waals surface area contributed by atoms with Crippen LogP contribution in [0.5, 0.6) is 0 Å². The summed E-state index contributed by atoms with van der Waals surface area (Å²) in [5.41, 5.74) is 0. The van der Waals surface area contributed by atoms with Crippen LogP contribution in [0.2, 0.25) is 0 Å². The number of hydrogen-bond donors (Lipinski definition) is 3. The summed E-state index contributed by atoms with van der Waals surface area (Å²) in [5, 5.41) is 20.1. The van der Waals surface area contributed by atoms with Gasteiger partial charge in [0.25, 0.3) is 0 Å². The second-order valence-electron chi connectivity index (χ2n) is 1.95. The zero-order valence-electron chi connectivity index (χ0n) is 5.80. The predicted molar refractivity (Wildman–Crippen MR) is 36.3 cm³/mol. The van der Waals surface area contributed by atoms with Crippen LogP contribution in [0, 0.1) is 0 Å². The van der Waals surface area contributed by atoms with Gasteiger partial charge in [-0.2, -0.15) is 0 Å². The van der Waals surface area contributed by atoms with Crippen molar-refractivity contribution in [3.63, 3.8) is 0 Å². The summed E-state index contributed by atoms with van der Waals surface area (Å²) < 4.78 is 0. The van der Waals surface area contributed by atoms with Crippen LogP contribution in [-0.4, -0.2) is 36.0 Å². The molecule has 0 saturated heterocycles. The minimum Gasteiger partial charge on any atom is -0.396 e. The smallest absolute Gasteiger partial charge is 0.0585 e. The third kappa shape index (κ3) is 4.39. The van der Waals surface area contributed by atoms with Gasteiger partial charge in [0.1, 0.15) is 0 Å². The molecule has 3 nitrogen and oxygen atoms in total. The topological polar surface area (TPSA) is 52.5 Å². The van der Waals surface area contributed by atoms with Crippen molar-refractivity contribution in [2.24, 2.45) is 0 Å². The Morgan fingerprint density at radius 3 is 2.44 bits per heavy atom.